The molecule has 160 valence electrons. The van der Waals surface area contributed by atoms with E-state index in [9.17, 15) is 9.59 Å². The molecule has 1 heterocycles. The third kappa shape index (κ3) is 5.60. The predicted octanol–water partition coefficient (Wildman–Crippen LogP) is 6.66. The van der Waals surface area contributed by atoms with Crippen molar-refractivity contribution in [1.29, 1.82) is 0 Å². The van der Waals surface area contributed by atoms with Gasteiger partial charge in [0.1, 0.15) is 5.25 Å². The largest absolute Gasteiger partial charge is 0.459 e. The molecule has 0 fully saturated rings. The minimum absolute atomic E-state index is 0.159. The molecule has 0 saturated heterocycles. The van der Waals surface area contributed by atoms with Gasteiger partial charge in [0.25, 0.3) is 5.91 Å². The summed E-state index contributed by atoms with van der Waals surface area (Å²) in [6, 6.07) is 27.1. The maximum absolute atomic E-state index is 13.2. The Bertz CT molecular complexity index is 1200. The summed E-state index contributed by atoms with van der Waals surface area (Å²) in [5.41, 5.74) is 2.15. The van der Waals surface area contributed by atoms with Crippen LogP contribution in [0.2, 0.25) is 5.02 Å². The van der Waals surface area contributed by atoms with Gasteiger partial charge in [0, 0.05) is 21.3 Å². The lowest BCUT2D eigenvalue weighted by Crippen LogP contribution is -2.19. The van der Waals surface area contributed by atoms with Crippen molar-refractivity contribution in [2.45, 2.75) is 10.1 Å². The minimum Gasteiger partial charge on any atom is -0.459 e. The number of furan rings is 1. The first-order valence-corrected chi connectivity index (χ1v) is 11.1. The Balaban J connectivity index is 1.54. The van der Waals surface area contributed by atoms with Gasteiger partial charge in [-0.1, -0.05) is 48.0 Å². The first-order valence-electron chi connectivity index (χ1n) is 9.81. The number of carbonyl (C=O) groups is 2. The number of amides is 2. The zero-order valence-corrected chi connectivity index (χ0v) is 18.4. The van der Waals surface area contributed by atoms with Gasteiger partial charge in [0.2, 0.25) is 5.91 Å². The number of halogens is 1. The molecule has 0 aliphatic carbocycles. The molecule has 7 heteroatoms. The number of rotatable bonds is 7. The lowest BCUT2D eigenvalue weighted by Gasteiger charge is -2.18. The molecular weight excluding hydrogens is 444 g/mol. The normalized spacial score (nSPS) is 11.5. The average molecular weight is 463 g/mol. The summed E-state index contributed by atoms with van der Waals surface area (Å²) in [5.74, 6) is -0.265. The molecule has 1 atom stereocenters. The highest BCUT2D eigenvalue weighted by molar-refractivity contribution is 8.00. The van der Waals surface area contributed by atoms with Gasteiger partial charge in [-0.05, 0) is 60.2 Å². The van der Waals surface area contributed by atoms with E-state index in [0.29, 0.717) is 16.4 Å². The van der Waals surface area contributed by atoms with Gasteiger partial charge in [-0.15, -0.1) is 11.8 Å². The predicted molar refractivity (Wildman–Crippen MR) is 128 cm³/mol. The van der Waals surface area contributed by atoms with E-state index in [4.69, 9.17) is 16.0 Å². The van der Waals surface area contributed by atoms with E-state index in [1.54, 1.807) is 42.5 Å². The fraction of sp³-hybridized carbons (Fsp3) is 0.0400. The Morgan fingerprint density at radius 2 is 1.59 bits per heavy atom. The van der Waals surface area contributed by atoms with Crippen LogP contribution in [0.3, 0.4) is 0 Å². The highest BCUT2D eigenvalue weighted by atomic mass is 35.5. The van der Waals surface area contributed by atoms with Crippen LogP contribution in [0.5, 0.6) is 0 Å². The Labute approximate surface area is 194 Å². The zero-order chi connectivity index (χ0) is 22.3. The molecule has 5 nitrogen and oxygen atoms in total. The van der Waals surface area contributed by atoms with E-state index >= 15 is 0 Å². The van der Waals surface area contributed by atoms with E-state index in [1.165, 1.54) is 18.0 Å². The summed E-state index contributed by atoms with van der Waals surface area (Å²) in [5, 5.41) is 5.87. The van der Waals surface area contributed by atoms with Crippen molar-refractivity contribution in [1.82, 2.24) is 0 Å². The first kappa shape index (κ1) is 21.7. The zero-order valence-electron chi connectivity index (χ0n) is 16.8. The Kier molecular flexibility index (Phi) is 6.94. The molecule has 3 aromatic carbocycles. The van der Waals surface area contributed by atoms with Crippen molar-refractivity contribution >= 4 is 46.6 Å². The van der Waals surface area contributed by atoms with Gasteiger partial charge < -0.3 is 15.1 Å². The van der Waals surface area contributed by atoms with Crippen LogP contribution in [0.4, 0.5) is 11.4 Å². The van der Waals surface area contributed by atoms with Gasteiger partial charge in [-0.25, -0.2) is 0 Å². The molecule has 0 aliphatic heterocycles. The fourth-order valence-corrected chi connectivity index (χ4v) is 4.23. The van der Waals surface area contributed by atoms with Gasteiger partial charge >= 0.3 is 0 Å². The highest BCUT2D eigenvalue weighted by Gasteiger charge is 2.22. The van der Waals surface area contributed by atoms with Crippen molar-refractivity contribution in [2.24, 2.45) is 0 Å². The Morgan fingerprint density at radius 3 is 2.31 bits per heavy atom. The van der Waals surface area contributed by atoms with Crippen LogP contribution in [-0.4, -0.2) is 11.8 Å². The molecule has 4 aromatic rings. The third-order valence-electron chi connectivity index (χ3n) is 4.54. The van der Waals surface area contributed by atoms with Crippen molar-refractivity contribution in [3.05, 3.63) is 114 Å². The van der Waals surface area contributed by atoms with E-state index in [2.05, 4.69) is 10.6 Å². The van der Waals surface area contributed by atoms with Crippen LogP contribution in [0.1, 0.15) is 21.4 Å². The van der Waals surface area contributed by atoms with Crippen LogP contribution < -0.4 is 10.6 Å². The topological polar surface area (TPSA) is 71.3 Å². The molecule has 0 aliphatic rings. The van der Waals surface area contributed by atoms with Crippen molar-refractivity contribution in [3.63, 3.8) is 0 Å². The molecule has 0 bridgehead atoms. The van der Waals surface area contributed by atoms with Crippen LogP contribution in [0.15, 0.2) is 107 Å². The number of nitrogens with one attached hydrogen (secondary N) is 2. The molecule has 1 unspecified atom stereocenters. The van der Waals surface area contributed by atoms with Crippen LogP contribution in [0.25, 0.3) is 0 Å². The number of thioether (sulfide) groups is 1. The number of anilines is 2. The Morgan fingerprint density at radius 1 is 0.812 bits per heavy atom. The summed E-state index contributed by atoms with van der Waals surface area (Å²) in [6.07, 6.45) is 1.45. The summed E-state index contributed by atoms with van der Waals surface area (Å²) < 4.78 is 5.14. The highest BCUT2D eigenvalue weighted by Crippen LogP contribution is 2.37. The van der Waals surface area contributed by atoms with Crippen LogP contribution in [0, 0.1) is 0 Å². The molecular formula is C25H19ClN2O3S. The van der Waals surface area contributed by atoms with Gasteiger partial charge in [-0.2, -0.15) is 0 Å². The van der Waals surface area contributed by atoms with E-state index in [0.717, 1.165) is 10.5 Å². The van der Waals surface area contributed by atoms with Crippen molar-refractivity contribution in [3.8, 4) is 0 Å². The SMILES string of the molecule is O=C(Nc1cccc(SC(C(=O)Nc2ccc(Cl)cc2)c2ccccc2)c1)c1ccco1. The second-order valence-electron chi connectivity index (χ2n) is 6.86. The molecule has 0 radical (unpaired) electrons. The maximum atomic E-state index is 13.2. The average Bonchev–Trinajstić information content (AvgIpc) is 3.35. The standard InChI is InChI=1S/C25H19ClN2O3S/c26-18-11-13-19(14-12-18)27-25(30)23(17-6-2-1-3-7-17)32-21-9-4-8-20(16-21)28-24(29)22-10-5-15-31-22/h1-16,23H,(H,27,30)(H,28,29). The minimum atomic E-state index is -0.497. The lowest BCUT2D eigenvalue weighted by molar-refractivity contribution is -0.115. The quantitative estimate of drug-likeness (QED) is 0.301. The Hall–Kier alpha value is -3.48. The molecule has 4 rings (SSSR count). The summed E-state index contributed by atoms with van der Waals surface area (Å²) in [7, 11) is 0. The smallest absolute Gasteiger partial charge is 0.291 e. The number of benzene rings is 3. The summed E-state index contributed by atoms with van der Waals surface area (Å²) in [4.78, 5) is 26.3. The van der Waals surface area contributed by atoms with Crippen molar-refractivity contribution in [2.75, 3.05) is 10.6 Å². The third-order valence-corrected chi connectivity index (χ3v) is 6.04. The van der Waals surface area contributed by atoms with Gasteiger partial charge in [-0.3, -0.25) is 9.59 Å². The van der Waals surface area contributed by atoms with E-state index in [-0.39, 0.29) is 17.6 Å². The van der Waals surface area contributed by atoms with E-state index in [1.807, 2.05) is 48.5 Å². The second kappa shape index (κ2) is 10.2. The molecule has 2 N–H and O–H groups in total. The number of carbonyl (C=O) groups excluding carboxylic acids is 2. The molecule has 0 saturated carbocycles. The maximum Gasteiger partial charge on any atom is 0.291 e. The second-order valence-corrected chi connectivity index (χ2v) is 8.48. The number of hydrogen-bond acceptors (Lipinski definition) is 4. The lowest BCUT2D eigenvalue weighted by atomic mass is 10.1. The summed E-state index contributed by atoms with van der Waals surface area (Å²) in [6.45, 7) is 0. The molecule has 2 amide bonds. The molecule has 0 spiro atoms. The van der Waals surface area contributed by atoms with Crippen LogP contribution in [-0.2, 0) is 4.79 Å². The fourth-order valence-electron chi connectivity index (χ4n) is 3.03. The van der Waals surface area contributed by atoms with E-state index < -0.39 is 5.25 Å². The summed E-state index contributed by atoms with van der Waals surface area (Å²) >= 11 is 7.34. The van der Waals surface area contributed by atoms with Gasteiger partial charge in [0.15, 0.2) is 5.76 Å². The number of hydrogen-bond donors (Lipinski definition) is 2. The van der Waals surface area contributed by atoms with Crippen LogP contribution >= 0.6 is 23.4 Å². The first-order chi connectivity index (χ1) is 15.6. The van der Waals surface area contributed by atoms with Gasteiger partial charge in [0.05, 0.1) is 6.26 Å². The molecule has 32 heavy (non-hydrogen) atoms. The molecule has 1 aromatic heterocycles. The monoisotopic (exact) mass is 462 g/mol. The van der Waals surface area contributed by atoms with Crippen molar-refractivity contribution < 1.29 is 14.0 Å².